The molecule has 0 aliphatic heterocycles. The van der Waals surface area contributed by atoms with Gasteiger partial charge in [-0.15, -0.1) is 11.6 Å². The number of benzene rings is 1. The van der Waals surface area contributed by atoms with Crippen LogP contribution >= 0.6 is 11.6 Å². The molecule has 0 aromatic heterocycles. The zero-order chi connectivity index (χ0) is 11.4. The molecule has 1 atom stereocenters. The summed E-state index contributed by atoms with van der Waals surface area (Å²) in [5.74, 6) is 0.431. The lowest BCUT2D eigenvalue weighted by molar-refractivity contribution is 0.268. The largest absolute Gasteiger partial charge is 0.298 e. The van der Waals surface area contributed by atoms with Crippen molar-refractivity contribution >= 4 is 11.6 Å². The van der Waals surface area contributed by atoms with E-state index in [1.54, 1.807) is 6.07 Å². The van der Waals surface area contributed by atoms with Crippen LogP contribution in [0.1, 0.15) is 18.1 Å². The van der Waals surface area contributed by atoms with Crippen molar-refractivity contribution in [3.8, 4) is 0 Å². The average Bonchev–Trinajstić information content (AvgIpc) is 2.20. The minimum atomic E-state index is -0.177. The average molecular weight is 230 g/mol. The van der Waals surface area contributed by atoms with Crippen molar-refractivity contribution in [1.82, 2.24) is 4.90 Å². The Balaban J connectivity index is 2.72. The number of alkyl halides is 1. The molecule has 1 nitrogen and oxygen atoms in total. The Labute approximate surface area is 95.8 Å². The molecule has 0 spiro atoms. The summed E-state index contributed by atoms with van der Waals surface area (Å²) < 4.78 is 12.9. The summed E-state index contributed by atoms with van der Waals surface area (Å²) in [6, 6.07) is 5.23. The molecule has 0 amide bonds. The maximum Gasteiger partial charge on any atom is 0.123 e. The van der Waals surface area contributed by atoms with Gasteiger partial charge >= 0.3 is 0 Å². The zero-order valence-electron chi connectivity index (χ0n) is 9.43. The first-order valence-corrected chi connectivity index (χ1v) is 5.59. The standard InChI is InChI=1S/C12H17ClFN/c1-9-6-12(14)5-4-11(9)8-15(3)10(2)7-13/h4-6,10H,7-8H2,1-3H3. The van der Waals surface area contributed by atoms with E-state index in [0.717, 1.165) is 17.7 Å². The lowest BCUT2D eigenvalue weighted by Gasteiger charge is -2.23. The van der Waals surface area contributed by atoms with Crippen LogP contribution in [-0.4, -0.2) is 23.9 Å². The van der Waals surface area contributed by atoms with Crippen LogP contribution in [0.3, 0.4) is 0 Å². The third kappa shape index (κ3) is 3.47. The summed E-state index contributed by atoms with van der Waals surface area (Å²) in [7, 11) is 2.02. The van der Waals surface area contributed by atoms with Crippen molar-refractivity contribution in [2.45, 2.75) is 26.4 Å². The van der Waals surface area contributed by atoms with Gasteiger partial charge in [-0.2, -0.15) is 0 Å². The molecular formula is C12H17ClFN. The van der Waals surface area contributed by atoms with Crippen LogP contribution in [0.25, 0.3) is 0 Å². The molecule has 0 aliphatic rings. The van der Waals surface area contributed by atoms with Crippen LogP contribution in [-0.2, 0) is 6.54 Å². The van der Waals surface area contributed by atoms with Gasteiger partial charge in [0, 0.05) is 18.5 Å². The maximum absolute atomic E-state index is 12.9. The molecule has 0 heterocycles. The zero-order valence-corrected chi connectivity index (χ0v) is 10.2. The molecule has 1 aromatic carbocycles. The molecular weight excluding hydrogens is 213 g/mol. The second kappa shape index (κ2) is 5.47. The van der Waals surface area contributed by atoms with E-state index in [1.807, 2.05) is 20.0 Å². The smallest absolute Gasteiger partial charge is 0.123 e. The van der Waals surface area contributed by atoms with E-state index in [4.69, 9.17) is 11.6 Å². The second-order valence-electron chi connectivity index (χ2n) is 3.99. The van der Waals surface area contributed by atoms with Gasteiger partial charge in [-0.1, -0.05) is 6.07 Å². The third-order valence-electron chi connectivity index (χ3n) is 2.70. The fraction of sp³-hybridized carbons (Fsp3) is 0.500. The summed E-state index contributed by atoms with van der Waals surface area (Å²) >= 11 is 5.78. The summed E-state index contributed by atoms with van der Waals surface area (Å²) in [5.41, 5.74) is 2.14. The van der Waals surface area contributed by atoms with Crippen molar-refractivity contribution in [3.63, 3.8) is 0 Å². The van der Waals surface area contributed by atoms with Gasteiger partial charge in [-0.25, -0.2) is 4.39 Å². The Morgan fingerprint density at radius 1 is 1.47 bits per heavy atom. The molecule has 0 saturated carbocycles. The molecule has 0 aliphatic carbocycles. The highest BCUT2D eigenvalue weighted by atomic mass is 35.5. The van der Waals surface area contributed by atoms with Gasteiger partial charge in [0.25, 0.3) is 0 Å². The number of aryl methyl sites for hydroxylation is 1. The fourth-order valence-electron chi connectivity index (χ4n) is 1.38. The van der Waals surface area contributed by atoms with Crippen LogP contribution < -0.4 is 0 Å². The Kier molecular flexibility index (Phi) is 4.55. The minimum absolute atomic E-state index is 0.177. The summed E-state index contributed by atoms with van der Waals surface area (Å²) in [5, 5.41) is 0. The fourth-order valence-corrected chi connectivity index (χ4v) is 1.61. The molecule has 0 radical (unpaired) electrons. The molecule has 0 bridgehead atoms. The van der Waals surface area contributed by atoms with Gasteiger partial charge in [-0.05, 0) is 44.2 Å². The molecule has 0 saturated heterocycles. The van der Waals surface area contributed by atoms with Crippen LogP contribution in [0.5, 0.6) is 0 Å². The molecule has 0 fully saturated rings. The first-order chi connectivity index (χ1) is 7.04. The van der Waals surface area contributed by atoms with E-state index >= 15 is 0 Å². The van der Waals surface area contributed by atoms with Crippen LogP contribution in [0.4, 0.5) is 4.39 Å². The predicted molar refractivity (Wildman–Crippen MR) is 62.8 cm³/mol. The predicted octanol–water partition coefficient (Wildman–Crippen LogP) is 3.19. The number of hydrogen-bond donors (Lipinski definition) is 0. The molecule has 1 aromatic rings. The minimum Gasteiger partial charge on any atom is -0.298 e. The Bertz CT molecular complexity index is 327. The molecule has 15 heavy (non-hydrogen) atoms. The lowest BCUT2D eigenvalue weighted by Crippen LogP contribution is -2.30. The van der Waals surface area contributed by atoms with Crippen molar-refractivity contribution in [1.29, 1.82) is 0 Å². The first kappa shape index (κ1) is 12.5. The SMILES string of the molecule is Cc1cc(F)ccc1CN(C)C(C)CCl. The monoisotopic (exact) mass is 229 g/mol. The normalized spacial score (nSPS) is 13.2. The van der Waals surface area contributed by atoms with Gasteiger partial charge in [0.2, 0.25) is 0 Å². The van der Waals surface area contributed by atoms with E-state index in [-0.39, 0.29) is 5.82 Å². The van der Waals surface area contributed by atoms with Crippen LogP contribution in [0, 0.1) is 12.7 Å². The first-order valence-electron chi connectivity index (χ1n) is 5.06. The molecule has 3 heteroatoms. The van der Waals surface area contributed by atoms with Gasteiger partial charge in [-0.3, -0.25) is 4.90 Å². The highest BCUT2D eigenvalue weighted by Gasteiger charge is 2.09. The van der Waals surface area contributed by atoms with E-state index < -0.39 is 0 Å². The maximum atomic E-state index is 12.9. The van der Waals surface area contributed by atoms with E-state index in [9.17, 15) is 4.39 Å². The van der Waals surface area contributed by atoms with Crippen molar-refractivity contribution in [3.05, 3.63) is 35.1 Å². The van der Waals surface area contributed by atoms with Gasteiger partial charge in [0.15, 0.2) is 0 Å². The topological polar surface area (TPSA) is 3.24 Å². The Morgan fingerprint density at radius 3 is 2.67 bits per heavy atom. The Morgan fingerprint density at radius 2 is 2.13 bits per heavy atom. The number of nitrogens with zero attached hydrogens (tertiary/aromatic N) is 1. The Hall–Kier alpha value is -0.600. The van der Waals surface area contributed by atoms with E-state index in [2.05, 4.69) is 11.8 Å². The van der Waals surface area contributed by atoms with Crippen molar-refractivity contribution in [2.24, 2.45) is 0 Å². The van der Waals surface area contributed by atoms with Gasteiger partial charge < -0.3 is 0 Å². The quantitative estimate of drug-likeness (QED) is 0.717. The van der Waals surface area contributed by atoms with E-state index in [0.29, 0.717) is 11.9 Å². The van der Waals surface area contributed by atoms with Gasteiger partial charge in [0.05, 0.1) is 0 Å². The van der Waals surface area contributed by atoms with Crippen molar-refractivity contribution < 1.29 is 4.39 Å². The van der Waals surface area contributed by atoms with Gasteiger partial charge in [0.1, 0.15) is 5.82 Å². The molecule has 1 unspecified atom stereocenters. The number of rotatable bonds is 4. The highest BCUT2D eigenvalue weighted by molar-refractivity contribution is 6.18. The molecule has 84 valence electrons. The molecule has 1 rings (SSSR count). The lowest BCUT2D eigenvalue weighted by atomic mass is 10.1. The summed E-state index contributed by atoms with van der Waals surface area (Å²) in [6.45, 7) is 4.81. The molecule has 0 N–H and O–H groups in total. The highest BCUT2D eigenvalue weighted by Crippen LogP contribution is 2.13. The summed E-state index contributed by atoms with van der Waals surface area (Å²) in [6.07, 6.45) is 0. The number of hydrogen-bond acceptors (Lipinski definition) is 1. The number of halogens is 2. The van der Waals surface area contributed by atoms with Crippen LogP contribution in [0.15, 0.2) is 18.2 Å². The third-order valence-corrected chi connectivity index (χ3v) is 3.15. The summed E-state index contributed by atoms with van der Waals surface area (Å²) in [4.78, 5) is 2.16. The van der Waals surface area contributed by atoms with Crippen LogP contribution in [0.2, 0.25) is 0 Å². The van der Waals surface area contributed by atoms with Crippen molar-refractivity contribution in [2.75, 3.05) is 12.9 Å². The second-order valence-corrected chi connectivity index (χ2v) is 4.30. The van der Waals surface area contributed by atoms with E-state index in [1.165, 1.54) is 6.07 Å².